The van der Waals surface area contributed by atoms with Gasteiger partial charge in [0.1, 0.15) is 13.0 Å². The van der Waals surface area contributed by atoms with E-state index in [-0.39, 0.29) is 8.07 Å². The van der Waals surface area contributed by atoms with Gasteiger partial charge in [-0.15, -0.1) is 0 Å². The highest BCUT2D eigenvalue weighted by Gasteiger charge is 2.47. The summed E-state index contributed by atoms with van der Waals surface area (Å²) in [6.45, 7) is 5.18. The minimum absolute atomic E-state index is 0.123. The Morgan fingerprint density at radius 1 is 1.29 bits per heavy atom. The maximum atomic E-state index is 2.82. The lowest BCUT2D eigenvalue weighted by Gasteiger charge is -2.56. The van der Waals surface area contributed by atoms with Gasteiger partial charge in [-0.1, -0.05) is 30.3 Å². The van der Waals surface area contributed by atoms with Gasteiger partial charge in [-0.3, -0.25) is 4.67 Å². The molecule has 4 heteroatoms. The largest absolute Gasteiger partial charge is 0.317 e. The Balaban J connectivity index is 1.55. The van der Waals surface area contributed by atoms with Gasteiger partial charge in [-0.25, -0.2) is 4.90 Å². The van der Waals surface area contributed by atoms with Crippen molar-refractivity contribution in [3.8, 4) is 0 Å². The molecule has 4 saturated heterocycles. The minimum atomic E-state index is 0.123. The molecule has 0 amide bonds. The Labute approximate surface area is 104 Å². The third-order valence-electron chi connectivity index (χ3n) is 4.18. The fourth-order valence-electron chi connectivity index (χ4n) is 3.50. The predicted octanol–water partition coefficient (Wildman–Crippen LogP) is 0.354. The molecule has 4 bridgehead atoms. The number of rotatable bonds is 2. The number of nitrogens with zero attached hydrogens (tertiary/aromatic N) is 2. The molecule has 3 nitrogen and oxygen atoms in total. The first kappa shape index (κ1) is 10.5. The molecule has 4 aliphatic heterocycles. The fraction of sp³-hybridized carbons (Fsp3) is 0.538. The highest BCUT2D eigenvalue weighted by Crippen LogP contribution is 2.47. The molecule has 1 aromatic carbocycles. The first-order valence-corrected chi connectivity index (χ1v) is 8.16. The van der Waals surface area contributed by atoms with Gasteiger partial charge >= 0.3 is 0 Å². The van der Waals surface area contributed by atoms with Crippen molar-refractivity contribution in [2.45, 2.75) is 12.6 Å². The Hall–Kier alpha value is -0.470. The predicted molar refractivity (Wildman–Crippen MR) is 69.8 cm³/mol. The SMILES string of the molecule is c1ccc(CN2[C@@H]3CN4C[NH+](C3)C[P@@]2C4)cc1. The van der Waals surface area contributed by atoms with Crippen LogP contribution in [-0.4, -0.2) is 47.9 Å². The van der Waals surface area contributed by atoms with E-state index in [1.165, 1.54) is 44.4 Å². The van der Waals surface area contributed by atoms with Gasteiger partial charge in [0.05, 0.1) is 12.6 Å². The normalized spacial score (nSPS) is 39.8. The maximum absolute atomic E-state index is 2.82. The van der Waals surface area contributed by atoms with Crippen molar-refractivity contribution in [3.05, 3.63) is 35.9 Å². The Bertz CT molecular complexity index is 380. The van der Waals surface area contributed by atoms with Crippen LogP contribution < -0.4 is 4.90 Å². The fourth-order valence-corrected chi connectivity index (χ4v) is 6.35. The molecule has 0 aliphatic carbocycles. The zero-order chi connectivity index (χ0) is 11.2. The summed E-state index contributed by atoms with van der Waals surface area (Å²) >= 11 is 0. The zero-order valence-corrected chi connectivity index (χ0v) is 10.9. The van der Waals surface area contributed by atoms with Crippen molar-refractivity contribution in [1.29, 1.82) is 0 Å². The smallest absolute Gasteiger partial charge is 0.134 e. The lowest BCUT2D eigenvalue weighted by Crippen LogP contribution is -3.19. The van der Waals surface area contributed by atoms with Gasteiger partial charge in [0.2, 0.25) is 0 Å². The van der Waals surface area contributed by atoms with Crippen LogP contribution in [0.5, 0.6) is 0 Å². The molecule has 90 valence electrons. The minimum Gasteiger partial charge on any atom is -0.317 e. The van der Waals surface area contributed by atoms with E-state index in [9.17, 15) is 0 Å². The number of hydrogen-bond acceptors (Lipinski definition) is 2. The third-order valence-corrected chi connectivity index (χ3v) is 6.92. The van der Waals surface area contributed by atoms with Gasteiger partial charge in [-0.05, 0) is 5.56 Å². The lowest BCUT2D eigenvalue weighted by molar-refractivity contribution is -0.912. The molecule has 4 aliphatic rings. The van der Waals surface area contributed by atoms with Crippen molar-refractivity contribution in [3.63, 3.8) is 0 Å². The summed E-state index contributed by atoms with van der Waals surface area (Å²) in [6, 6.07) is 11.8. The van der Waals surface area contributed by atoms with E-state index in [2.05, 4.69) is 39.9 Å². The Morgan fingerprint density at radius 3 is 2.94 bits per heavy atom. The topological polar surface area (TPSA) is 10.9 Å². The van der Waals surface area contributed by atoms with Crippen LogP contribution in [0.15, 0.2) is 30.3 Å². The van der Waals surface area contributed by atoms with Crippen LogP contribution in [0.1, 0.15) is 5.56 Å². The van der Waals surface area contributed by atoms with Crippen molar-refractivity contribution < 1.29 is 4.90 Å². The summed E-state index contributed by atoms with van der Waals surface area (Å²) in [4.78, 5) is 4.52. The monoisotopic (exact) mass is 248 g/mol. The second-order valence-electron chi connectivity index (χ2n) is 5.51. The molecule has 17 heavy (non-hydrogen) atoms. The summed E-state index contributed by atoms with van der Waals surface area (Å²) in [5.41, 5.74) is 1.49. The first-order valence-electron chi connectivity index (χ1n) is 6.50. The number of nitrogens with one attached hydrogen (secondary N) is 1. The number of benzene rings is 1. The van der Waals surface area contributed by atoms with Gasteiger partial charge in [0.15, 0.2) is 0 Å². The van der Waals surface area contributed by atoms with Crippen LogP contribution in [0, 0.1) is 0 Å². The van der Waals surface area contributed by atoms with Crippen LogP contribution in [0.25, 0.3) is 0 Å². The Morgan fingerprint density at radius 2 is 2.18 bits per heavy atom. The second-order valence-corrected chi connectivity index (χ2v) is 7.63. The highest BCUT2D eigenvalue weighted by atomic mass is 31.1. The highest BCUT2D eigenvalue weighted by molar-refractivity contribution is 7.54. The molecule has 0 saturated carbocycles. The molecule has 0 spiro atoms. The summed E-state index contributed by atoms with van der Waals surface area (Å²) in [7, 11) is 0.123. The van der Waals surface area contributed by atoms with Crippen LogP contribution in [-0.2, 0) is 6.54 Å². The van der Waals surface area contributed by atoms with Crippen LogP contribution in [0.2, 0.25) is 0 Å². The third kappa shape index (κ3) is 1.82. The lowest BCUT2D eigenvalue weighted by atomic mass is 10.1. The molecule has 1 N–H and O–H groups in total. The van der Waals surface area contributed by atoms with Crippen LogP contribution >= 0.6 is 8.07 Å². The first-order chi connectivity index (χ1) is 8.38. The van der Waals surface area contributed by atoms with Crippen molar-refractivity contribution in [2.75, 3.05) is 32.3 Å². The van der Waals surface area contributed by atoms with Gasteiger partial charge in [-0.2, -0.15) is 0 Å². The summed E-state index contributed by atoms with van der Waals surface area (Å²) < 4.78 is 2.82. The zero-order valence-electron chi connectivity index (χ0n) is 10.0. The van der Waals surface area contributed by atoms with Crippen molar-refractivity contribution in [2.24, 2.45) is 0 Å². The van der Waals surface area contributed by atoms with E-state index in [0.717, 1.165) is 6.04 Å². The molecular formula is C13H19N3P+. The van der Waals surface area contributed by atoms with Crippen LogP contribution in [0.3, 0.4) is 0 Å². The van der Waals surface area contributed by atoms with Gasteiger partial charge in [0, 0.05) is 27.4 Å². The molecule has 0 radical (unpaired) electrons. The number of hydrogen-bond donors (Lipinski definition) is 1. The van der Waals surface area contributed by atoms with E-state index in [1.807, 2.05) is 4.90 Å². The average molecular weight is 248 g/mol. The quantitative estimate of drug-likeness (QED) is 0.758. The van der Waals surface area contributed by atoms with E-state index >= 15 is 0 Å². The maximum Gasteiger partial charge on any atom is 0.134 e. The van der Waals surface area contributed by atoms with Gasteiger partial charge < -0.3 is 4.90 Å². The molecule has 2 unspecified atom stereocenters. The van der Waals surface area contributed by atoms with Crippen molar-refractivity contribution in [1.82, 2.24) is 9.57 Å². The van der Waals surface area contributed by atoms with E-state index in [4.69, 9.17) is 0 Å². The Kier molecular flexibility index (Phi) is 2.48. The standard InChI is InChI=1S/C13H18N3P/c1-2-4-12(5-3-1)6-16-13-7-14-9-15(8-13)11-17(16)10-14/h1-5,13H,6-11H2/p+1/t13-,17-. The summed E-state index contributed by atoms with van der Waals surface area (Å²) in [5, 5.41) is 0. The molecule has 0 aromatic heterocycles. The van der Waals surface area contributed by atoms with Gasteiger partial charge in [0.25, 0.3) is 0 Å². The van der Waals surface area contributed by atoms with E-state index in [0.29, 0.717) is 0 Å². The second kappa shape index (κ2) is 4.03. The summed E-state index contributed by atoms with van der Waals surface area (Å²) in [6.07, 6.45) is 2.79. The van der Waals surface area contributed by atoms with E-state index in [1.54, 1.807) is 0 Å². The molecular weight excluding hydrogens is 229 g/mol. The van der Waals surface area contributed by atoms with E-state index < -0.39 is 0 Å². The molecule has 4 atom stereocenters. The molecule has 4 heterocycles. The molecule has 5 rings (SSSR count). The average Bonchev–Trinajstić information content (AvgIpc) is 2.34. The molecule has 4 fully saturated rings. The summed E-state index contributed by atoms with van der Waals surface area (Å²) in [5.74, 6) is 0. The van der Waals surface area contributed by atoms with Crippen LogP contribution in [0.4, 0.5) is 0 Å². The molecule has 1 aromatic rings. The van der Waals surface area contributed by atoms with Crippen molar-refractivity contribution >= 4 is 8.07 Å². The number of quaternary nitrogens is 1.